The molecule has 126 valence electrons. The van der Waals surface area contributed by atoms with Crippen LogP contribution in [0.3, 0.4) is 0 Å². The summed E-state index contributed by atoms with van der Waals surface area (Å²) in [5.41, 5.74) is 2.35. The molecule has 0 spiro atoms. The number of rotatable bonds is 5. The molecule has 0 aliphatic rings. The maximum Gasteiger partial charge on any atom is 0.269 e. The van der Waals surface area contributed by atoms with E-state index < -0.39 is 4.92 Å². The second kappa shape index (κ2) is 7.27. The number of halogens is 1. The molecule has 7 heteroatoms. The van der Waals surface area contributed by atoms with E-state index in [0.717, 1.165) is 11.1 Å². The highest BCUT2D eigenvalue weighted by Crippen LogP contribution is 2.30. The summed E-state index contributed by atoms with van der Waals surface area (Å²) in [4.78, 5) is 19.1. The monoisotopic (exact) mass is 354 g/mol. The number of non-ortho nitro benzene ring substituents is 1. The van der Waals surface area contributed by atoms with Gasteiger partial charge < -0.3 is 5.32 Å². The van der Waals surface area contributed by atoms with Crippen LogP contribution in [0.15, 0.2) is 60.9 Å². The summed E-state index contributed by atoms with van der Waals surface area (Å²) in [6.07, 6.45) is 3.18. The maximum atomic E-state index is 10.8. The van der Waals surface area contributed by atoms with Crippen molar-refractivity contribution >= 4 is 23.1 Å². The van der Waals surface area contributed by atoms with Crippen LogP contribution in [0, 0.1) is 10.1 Å². The molecule has 0 fully saturated rings. The zero-order valence-electron chi connectivity index (χ0n) is 13.4. The summed E-state index contributed by atoms with van der Waals surface area (Å²) >= 11 is 6.25. The largest absolute Gasteiger partial charge is 0.362 e. The van der Waals surface area contributed by atoms with Gasteiger partial charge in [-0.15, -0.1) is 0 Å². The van der Waals surface area contributed by atoms with Gasteiger partial charge in [-0.05, 0) is 30.7 Å². The van der Waals surface area contributed by atoms with Crippen molar-refractivity contribution in [3.8, 4) is 11.3 Å². The minimum Gasteiger partial charge on any atom is -0.362 e. The average molecular weight is 355 g/mol. The molecule has 1 heterocycles. The lowest BCUT2D eigenvalue weighted by molar-refractivity contribution is -0.384. The number of nitrogens with zero attached hydrogens (tertiary/aromatic N) is 3. The Hall–Kier alpha value is -2.99. The summed E-state index contributed by atoms with van der Waals surface area (Å²) in [6.45, 7) is 1.98. The summed E-state index contributed by atoms with van der Waals surface area (Å²) in [6, 6.07) is 13.7. The van der Waals surface area contributed by atoms with Crippen molar-refractivity contribution in [2.75, 3.05) is 5.32 Å². The minimum atomic E-state index is -0.431. The summed E-state index contributed by atoms with van der Waals surface area (Å²) in [5.74, 6) is 0.587. The Bertz CT molecular complexity index is 900. The van der Waals surface area contributed by atoms with Crippen LogP contribution < -0.4 is 5.32 Å². The minimum absolute atomic E-state index is 0.0339. The van der Waals surface area contributed by atoms with Crippen molar-refractivity contribution in [2.45, 2.75) is 13.0 Å². The van der Waals surface area contributed by atoms with Gasteiger partial charge in [-0.2, -0.15) is 0 Å². The summed E-state index contributed by atoms with van der Waals surface area (Å²) in [7, 11) is 0. The van der Waals surface area contributed by atoms with Crippen molar-refractivity contribution in [2.24, 2.45) is 0 Å². The molecule has 3 aromatic rings. The fourth-order valence-electron chi connectivity index (χ4n) is 2.51. The van der Waals surface area contributed by atoms with Gasteiger partial charge in [0.2, 0.25) is 0 Å². The summed E-state index contributed by atoms with van der Waals surface area (Å²) in [5, 5.41) is 14.8. The highest BCUT2D eigenvalue weighted by molar-refractivity contribution is 6.31. The lowest BCUT2D eigenvalue weighted by Crippen LogP contribution is -2.10. The van der Waals surface area contributed by atoms with Gasteiger partial charge >= 0.3 is 0 Å². The molecular formula is C18H15ClN4O2. The fourth-order valence-corrected chi connectivity index (χ4v) is 2.80. The van der Waals surface area contributed by atoms with E-state index in [4.69, 9.17) is 11.6 Å². The van der Waals surface area contributed by atoms with Gasteiger partial charge in [0.25, 0.3) is 5.69 Å². The fraction of sp³-hybridized carbons (Fsp3) is 0.111. The molecule has 1 unspecified atom stereocenters. The number of nitro groups is 1. The van der Waals surface area contributed by atoms with Crippen LogP contribution in [0.4, 0.5) is 11.5 Å². The number of hydrogen-bond donors (Lipinski definition) is 1. The molecule has 2 aromatic carbocycles. The third-order valence-corrected chi connectivity index (χ3v) is 4.12. The molecule has 0 aliphatic carbocycles. The first-order chi connectivity index (χ1) is 12.1. The van der Waals surface area contributed by atoms with Crippen LogP contribution in [0.2, 0.25) is 5.02 Å². The predicted molar refractivity (Wildman–Crippen MR) is 97.6 cm³/mol. The zero-order valence-corrected chi connectivity index (χ0v) is 14.1. The number of hydrogen-bond acceptors (Lipinski definition) is 5. The normalized spacial score (nSPS) is 11.8. The first kappa shape index (κ1) is 16.9. The number of anilines is 1. The number of nitrogens with one attached hydrogen (secondary N) is 1. The first-order valence-corrected chi connectivity index (χ1v) is 8.01. The predicted octanol–water partition coefficient (Wildman–Crippen LogP) is 4.88. The molecule has 1 aromatic heterocycles. The third kappa shape index (κ3) is 3.75. The molecule has 0 saturated heterocycles. The molecule has 6 nitrogen and oxygen atoms in total. The summed E-state index contributed by atoms with van der Waals surface area (Å²) < 4.78 is 0. The van der Waals surface area contributed by atoms with E-state index in [2.05, 4.69) is 15.3 Å². The Morgan fingerprint density at radius 2 is 1.76 bits per heavy atom. The lowest BCUT2D eigenvalue weighted by atomic mass is 10.1. The standard InChI is InChI=1S/C18H15ClN4O2/c1-12(15-4-2-3-5-16(15)19)22-18-17(20-10-11-21-18)13-6-8-14(9-7-13)23(24)25/h2-12H,1H3,(H,21,22). The molecule has 25 heavy (non-hydrogen) atoms. The van der Waals surface area contributed by atoms with Crippen LogP contribution in [-0.4, -0.2) is 14.9 Å². The highest BCUT2D eigenvalue weighted by Gasteiger charge is 2.14. The van der Waals surface area contributed by atoms with Crippen LogP contribution in [-0.2, 0) is 0 Å². The van der Waals surface area contributed by atoms with Crippen molar-refractivity contribution < 1.29 is 4.92 Å². The van der Waals surface area contributed by atoms with Gasteiger partial charge in [-0.1, -0.05) is 29.8 Å². The van der Waals surface area contributed by atoms with Crippen LogP contribution in [0.1, 0.15) is 18.5 Å². The van der Waals surface area contributed by atoms with Gasteiger partial charge in [0, 0.05) is 35.1 Å². The Kier molecular flexibility index (Phi) is 4.90. The van der Waals surface area contributed by atoms with Crippen molar-refractivity contribution in [3.05, 3.63) is 81.6 Å². The van der Waals surface area contributed by atoms with Gasteiger partial charge in [0.1, 0.15) is 5.69 Å². The molecule has 1 atom stereocenters. The van der Waals surface area contributed by atoms with Crippen LogP contribution in [0.25, 0.3) is 11.3 Å². The van der Waals surface area contributed by atoms with Crippen LogP contribution >= 0.6 is 11.6 Å². The third-order valence-electron chi connectivity index (χ3n) is 3.77. The molecule has 1 N–H and O–H groups in total. The van der Waals surface area contributed by atoms with Gasteiger partial charge in [0.05, 0.1) is 11.0 Å². The number of nitro benzene ring substituents is 1. The van der Waals surface area contributed by atoms with E-state index in [1.807, 2.05) is 31.2 Å². The SMILES string of the molecule is CC(Nc1nccnc1-c1ccc([N+](=O)[O-])cc1)c1ccccc1Cl. The number of aromatic nitrogens is 2. The van der Waals surface area contributed by atoms with E-state index >= 15 is 0 Å². The maximum absolute atomic E-state index is 10.8. The Balaban J connectivity index is 1.91. The van der Waals surface area contributed by atoms with Gasteiger partial charge in [0.15, 0.2) is 5.82 Å². The Morgan fingerprint density at radius 3 is 2.44 bits per heavy atom. The average Bonchev–Trinajstić information content (AvgIpc) is 2.62. The lowest BCUT2D eigenvalue weighted by Gasteiger charge is -2.18. The molecule has 0 radical (unpaired) electrons. The smallest absolute Gasteiger partial charge is 0.269 e. The highest BCUT2D eigenvalue weighted by atomic mass is 35.5. The van der Waals surface area contributed by atoms with Crippen LogP contribution in [0.5, 0.6) is 0 Å². The molecule has 0 saturated carbocycles. The molecule has 3 rings (SSSR count). The van der Waals surface area contributed by atoms with Crippen molar-refractivity contribution in [3.63, 3.8) is 0 Å². The number of benzene rings is 2. The zero-order chi connectivity index (χ0) is 17.8. The Labute approximate surface area is 149 Å². The van der Waals surface area contributed by atoms with E-state index in [1.165, 1.54) is 12.1 Å². The van der Waals surface area contributed by atoms with E-state index in [9.17, 15) is 10.1 Å². The second-order valence-corrected chi connectivity index (χ2v) is 5.85. The molecule has 0 aliphatic heterocycles. The van der Waals surface area contributed by atoms with Crippen molar-refractivity contribution in [1.29, 1.82) is 0 Å². The van der Waals surface area contributed by atoms with Gasteiger partial charge in [-0.3, -0.25) is 15.1 Å². The second-order valence-electron chi connectivity index (χ2n) is 5.45. The molecular weight excluding hydrogens is 340 g/mol. The quantitative estimate of drug-likeness (QED) is 0.521. The van der Waals surface area contributed by atoms with E-state index in [-0.39, 0.29) is 11.7 Å². The van der Waals surface area contributed by atoms with E-state index in [0.29, 0.717) is 16.5 Å². The first-order valence-electron chi connectivity index (χ1n) is 7.63. The topological polar surface area (TPSA) is 81.0 Å². The van der Waals surface area contributed by atoms with E-state index in [1.54, 1.807) is 24.5 Å². The molecule has 0 bridgehead atoms. The molecule has 0 amide bonds. The Morgan fingerprint density at radius 1 is 1.08 bits per heavy atom. The van der Waals surface area contributed by atoms with Crippen molar-refractivity contribution in [1.82, 2.24) is 9.97 Å². The van der Waals surface area contributed by atoms with Gasteiger partial charge in [-0.25, -0.2) is 4.98 Å².